The third-order valence-corrected chi connectivity index (χ3v) is 2.83. The van der Waals surface area contributed by atoms with E-state index in [9.17, 15) is 0 Å². The first-order valence-corrected chi connectivity index (χ1v) is 6.81. The molecule has 2 aromatic rings. The molecule has 1 heterocycles. The van der Waals surface area contributed by atoms with Crippen molar-refractivity contribution in [2.75, 3.05) is 17.6 Å². The zero-order valence-corrected chi connectivity index (χ0v) is 12.0. The Labute approximate surface area is 123 Å². The SMILES string of the molecule is CCCNc1cc(OCc2ccc(Cl)cc2)nc(N)n1. The number of ether oxygens (including phenoxy) is 1. The van der Waals surface area contributed by atoms with E-state index in [0.29, 0.717) is 23.3 Å². The van der Waals surface area contributed by atoms with Crippen molar-refractivity contribution in [2.24, 2.45) is 0 Å². The Bertz CT molecular complexity index is 560. The summed E-state index contributed by atoms with van der Waals surface area (Å²) in [7, 11) is 0. The van der Waals surface area contributed by atoms with E-state index in [1.165, 1.54) is 0 Å². The largest absolute Gasteiger partial charge is 0.473 e. The summed E-state index contributed by atoms with van der Waals surface area (Å²) in [6.45, 7) is 3.31. The number of halogens is 1. The zero-order valence-electron chi connectivity index (χ0n) is 11.3. The van der Waals surface area contributed by atoms with E-state index in [1.807, 2.05) is 24.3 Å². The van der Waals surface area contributed by atoms with Gasteiger partial charge in [-0.25, -0.2) is 0 Å². The zero-order chi connectivity index (χ0) is 14.4. The highest BCUT2D eigenvalue weighted by molar-refractivity contribution is 6.30. The molecule has 0 saturated heterocycles. The van der Waals surface area contributed by atoms with Crippen molar-refractivity contribution >= 4 is 23.4 Å². The molecule has 106 valence electrons. The van der Waals surface area contributed by atoms with Crippen LogP contribution in [-0.2, 0) is 6.61 Å². The molecule has 0 atom stereocenters. The second-order valence-electron chi connectivity index (χ2n) is 4.29. The molecule has 0 unspecified atom stereocenters. The molecule has 0 amide bonds. The second-order valence-corrected chi connectivity index (χ2v) is 4.73. The van der Waals surface area contributed by atoms with Crippen molar-refractivity contribution in [3.63, 3.8) is 0 Å². The lowest BCUT2D eigenvalue weighted by atomic mass is 10.2. The fraction of sp³-hybridized carbons (Fsp3) is 0.286. The van der Waals surface area contributed by atoms with Crippen LogP contribution < -0.4 is 15.8 Å². The quantitative estimate of drug-likeness (QED) is 0.856. The summed E-state index contributed by atoms with van der Waals surface area (Å²) in [5, 5.41) is 3.85. The molecule has 0 aliphatic rings. The van der Waals surface area contributed by atoms with Crippen molar-refractivity contribution in [2.45, 2.75) is 20.0 Å². The van der Waals surface area contributed by atoms with Crippen LogP contribution in [-0.4, -0.2) is 16.5 Å². The molecular formula is C14H17ClN4O. The number of aromatic nitrogens is 2. The van der Waals surface area contributed by atoms with Crippen molar-refractivity contribution in [1.29, 1.82) is 0 Å². The van der Waals surface area contributed by atoms with Gasteiger partial charge in [0.15, 0.2) is 0 Å². The number of nitrogen functional groups attached to an aromatic ring is 1. The van der Waals surface area contributed by atoms with Crippen molar-refractivity contribution in [1.82, 2.24) is 9.97 Å². The Morgan fingerprint density at radius 3 is 2.70 bits per heavy atom. The Morgan fingerprint density at radius 1 is 1.25 bits per heavy atom. The summed E-state index contributed by atoms with van der Waals surface area (Å²) < 4.78 is 5.62. The van der Waals surface area contributed by atoms with Crippen molar-refractivity contribution < 1.29 is 4.74 Å². The number of anilines is 2. The van der Waals surface area contributed by atoms with Gasteiger partial charge in [-0.2, -0.15) is 9.97 Å². The lowest BCUT2D eigenvalue weighted by Crippen LogP contribution is -2.06. The molecule has 2 rings (SSSR count). The molecule has 3 N–H and O–H groups in total. The maximum absolute atomic E-state index is 5.83. The number of nitrogens with two attached hydrogens (primary N) is 1. The Morgan fingerprint density at radius 2 is 2.00 bits per heavy atom. The molecule has 0 fully saturated rings. The van der Waals surface area contributed by atoms with Gasteiger partial charge in [0.25, 0.3) is 0 Å². The van der Waals surface area contributed by atoms with E-state index in [0.717, 1.165) is 18.5 Å². The van der Waals surface area contributed by atoms with Crippen LogP contribution in [0.15, 0.2) is 30.3 Å². The van der Waals surface area contributed by atoms with Gasteiger partial charge in [0.1, 0.15) is 12.4 Å². The predicted molar refractivity (Wildman–Crippen MR) is 81.0 cm³/mol. The average molecular weight is 293 g/mol. The van der Waals surface area contributed by atoms with Crippen LogP contribution in [0.5, 0.6) is 5.88 Å². The highest BCUT2D eigenvalue weighted by Crippen LogP contribution is 2.17. The van der Waals surface area contributed by atoms with Crippen LogP contribution >= 0.6 is 11.6 Å². The molecule has 0 spiro atoms. The minimum Gasteiger partial charge on any atom is -0.473 e. The van der Waals surface area contributed by atoms with Crippen LogP contribution in [0.4, 0.5) is 11.8 Å². The molecule has 0 saturated carbocycles. The molecule has 6 heteroatoms. The van der Waals surface area contributed by atoms with Crippen LogP contribution in [0.25, 0.3) is 0 Å². The summed E-state index contributed by atoms with van der Waals surface area (Å²) in [4.78, 5) is 8.15. The monoisotopic (exact) mass is 292 g/mol. The van der Waals surface area contributed by atoms with Crippen LogP contribution in [0.3, 0.4) is 0 Å². The summed E-state index contributed by atoms with van der Waals surface area (Å²) in [6.07, 6.45) is 1.00. The van der Waals surface area contributed by atoms with E-state index in [1.54, 1.807) is 6.07 Å². The van der Waals surface area contributed by atoms with E-state index >= 15 is 0 Å². The van der Waals surface area contributed by atoms with Crippen LogP contribution in [0.2, 0.25) is 5.02 Å². The summed E-state index contributed by atoms with van der Waals surface area (Å²) in [5.74, 6) is 1.31. The standard InChI is InChI=1S/C14H17ClN4O/c1-2-7-17-12-8-13(19-14(16)18-12)20-9-10-3-5-11(15)6-4-10/h3-6,8H,2,7,9H2,1H3,(H3,16,17,18,19). The molecule has 0 aliphatic heterocycles. The minimum atomic E-state index is 0.192. The highest BCUT2D eigenvalue weighted by Gasteiger charge is 2.03. The normalized spacial score (nSPS) is 10.3. The van der Waals surface area contributed by atoms with Gasteiger partial charge in [-0.1, -0.05) is 30.7 Å². The summed E-state index contributed by atoms with van der Waals surface area (Å²) in [6, 6.07) is 9.19. The van der Waals surface area contributed by atoms with Gasteiger partial charge in [-0.05, 0) is 24.1 Å². The molecule has 1 aromatic heterocycles. The number of nitrogens with one attached hydrogen (secondary N) is 1. The molecule has 1 aromatic carbocycles. The first-order chi connectivity index (χ1) is 9.67. The number of benzene rings is 1. The van der Waals surface area contributed by atoms with Gasteiger partial charge in [0, 0.05) is 17.6 Å². The minimum absolute atomic E-state index is 0.192. The predicted octanol–water partition coefficient (Wildman–Crippen LogP) is 3.11. The van der Waals surface area contributed by atoms with Crippen molar-refractivity contribution in [3.8, 4) is 5.88 Å². The second kappa shape index (κ2) is 6.96. The lowest BCUT2D eigenvalue weighted by Gasteiger charge is -2.09. The third kappa shape index (κ3) is 4.28. The summed E-state index contributed by atoms with van der Waals surface area (Å²) >= 11 is 5.83. The van der Waals surface area contributed by atoms with E-state index in [4.69, 9.17) is 22.1 Å². The van der Waals surface area contributed by atoms with Gasteiger partial charge in [0.05, 0.1) is 0 Å². The number of rotatable bonds is 6. The van der Waals surface area contributed by atoms with Crippen molar-refractivity contribution in [3.05, 3.63) is 40.9 Å². The molecule has 0 bridgehead atoms. The maximum atomic E-state index is 5.83. The van der Waals surface area contributed by atoms with E-state index in [-0.39, 0.29) is 5.95 Å². The molecule has 5 nitrogen and oxygen atoms in total. The van der Waals surface area contributed by atoms with E-state index in [2.05, 4.69) is 22.2 Å². The molecule has 0 aliphatic carbocycles. The Balaban J connectivity index is 2.01. The fourth-order valence-corrected chi connectivity index (χ4v) is 1.72. The lowest BCUT2D eigenvalue weighted by molar-refractivity contribution is 0.294. The van der Waals surface area contributed by atoms with Gasteiger partial charge in [0.2, 0.25) is 11.8 Å². The topological polar surface area (TPSA) is 73.1 Å². The smallest absolute Gasteiger partial charge is 0.225 e. The fourth-order valence-electron chi connectivity index (χ4n) is 1.60. The van der Waals surface area contributed by atoms with Gasteiger partial charge >= 0.3 is 0 Å². The molecule has 20 heavy (non-hydrogen) atoms. The number of hydrogen-bond acceptors (Lipinski definition) is 5. The number of hydrogen-bond donors (Lipinski definition) is 2. The van der Waals surface area contributed by atoms with Gasteiger partial charge in [-0.3, -0.25) is 0 Å². The Kier molecular flexibility index (Phi) is 5.01. The molecule has 0 radical (unpaired) electrons. The number of nitrogens with zero attached hydrogens (tertiary/aromatic N) is 2. The Hall–Kier alpha value is -2.01. The summed E-state index contributed by atoms with van der Waals surface area (Å²) in [5.41, 5.74) is 6.67. The third-order valence-electron chi connectivity index (χ3n) is 2.58. The van der Waals surface area contributed by atoms with Gasteiger partial charge in [-0.15, -0.1) is 0 Å². The van der Waals surface area contributed by atoms with Crippen LogP contribution in [0.1, 0.15) is 18.9 Å². The first-order valence-electron chi connectivity index (χ1n) is 6.43. The maximum Gasteiger partial charge on any atom is 0.225 e. The highest BCUT2D eigenvalue weighted by atomic mass is 35.5. The average Bonchev–Trinajstić information content (AvgIpc) is 2.44. The van der Waals surface area contributed by atoms with Crippen LogP contribution in [0, 0.1) is 0 Å². The van der Waals surface area contributed by atoms with Gasteiger partial charge < -0.3 is 15.8 Å². The first kappa shape index (κ1) is 14.4. The van der Waals surface area contributed by atoms with E-state index < -0.39 is 0 Å². The molecular weight excluding hydrogens is 276 g/mol.